The molecule has 1 aromatic carbocycles. The van der Waals surface area contributed by atoms with E-state index in [9.17, 15) is 0 Å². The van der Waals surface area contributed by atoms with Gasteiger partial charge in [0.05, 0.1) is 5.52 Å². The van der Waals surface area contributed by atoms with Crippen LogP contribution in [0.4, 0.5) is 5.00 Å². The standard InChI is InChI=1S/C15H21N3S/c1-15(2)8-5-9-16-13(15)10-17-14-11-6-3-4-7-12(11)18-19-14/h3-4,6-7,13,16-17H,5,8-10H2,1-2H3. The monoisotopic (exact) mass is 275 g/mol. The summed E-state index contributed by atoms with van der Waals surface area (Å²) in [5, 5.41) is 9.66. The molecule has 0 aliphatic carbocycles. The molecule has 102 valence electrons. The van der Waals surface area contributed by atoms with E-state index in [1.165, 1.54) is 23.2 Å². The van der Waals surface area contributed by atoms with Gasteiger partial charge in [-0.2, -0.15) is 4.37 Å². The zero-order valence-corrected chi connectivity index (χ0v) is 12.4. The van der Waals surface area contributed by atoms with Crippen molar-refractivity contribution in [2.75, 3.05) is 18.4 Å². The van der Waals surface area contributed by atoms with Crippen LogP contribution in [0.1, 0.15) is 26.7 Å². The number of hydrogen-bond donors (Lipinski definition) is 2. The first-order valence-electron chi connectivity index (χ1n) is 6.98. The van der Waals surface area contributed by atoms with Crippen molar-refractivity contribution in [2.24, 2.45) is 5.41 Å². The lowest BCUT2D eigenvalue weighted by Gasteiger charge is -2.39. The number of aromatic nitrogens is 1. The maximum absolute atomic E-state index is 4.48. The van der Waals surface area contributed by atoms with E-state index in [0.29, 0.717) is 11.5 Å². The number of nitrogens with one attached hydrogen (secondary N) is 2. The van der Waals surface area contributed by atoms with E-state index in [2.05, 4.69) is 47.1 Å². The van der Waals surface area contributed by atoms with Gasteiger partial charge < -0.3 is 10.6 Å². The van der Waals surface area contributed by atoms with Crippen LogP contribution in [-0.4, -0.2) is 23.5 Å². The van der Waals surface area contributed by atoms with Gasteiger partial charge in [0.15, 0.2) is 0 Å². The molecule has 1 aromatic heterocycles. The second-order valence-electron chi connectivity index (χ2n) is 6.01. The van der Waals surface area contributed by atoms with Crippen LogP contribution in [0.5, 0.6) is 0 Å². The van der Waals surface area contributed by atoms with Crippen molar-refractivity contribution in [3.05, 3.63) is 24.3 Å². The highest BCUT2D eigenvalue weighted by Gasteiger charge is 2.31. The molecule has 1 saturated heterocycles. The zero-order valence-electron chi connectivity index (χ0n) is 11.6. The molecule has 0 spiro atoms. The first-order chi connectivity index (χ1) is 9.17. The Morgan fingerprint density at radius 2 is 2.26 bits per heavy atom. The quantitative estimate of drug-likeness (QED) is 0.900. The summed E-state index contributed by atoms with van der Waals surface area (Å²) in [7, 11) is 0. The molecule has 1 aliphatic heterocycles. The van der Waals surface area contributed by atoms with Crippen LogP contribution in [0.15, 0.2) is 24.3 Å². The van der Waals surface area contributed by atoms with E-state index >= 15 is 0 Å². The minimum Gasteiger partial charge on any atom is -0.374 e. The number of nitrogens with zero attached hydrogens (tertiary/aromatic N) is 1. The SMILES string of the molecule is CC1(C)CCCNC1CNc1snc2ccccc12. The average Bonchev–Trinajstić information content (AvgIpc) is 2.80. The van der Waals surface area contributed by atoms with E-state index < -0.39 is 0 Å². The van der Waals surface area contributed by atoms with Crippen molar-refractivity contribution in [2.45, 2.75) is 32.7 Å². The zero-order chi connectivity index (χ0) is 13.3. The van der Waals surface area contributed by atoms with Crippen LogP contribution in [0.25, 0.3) is 10.9 Å². The van der Waals surface area contributed by atoms with Gasteiger partial charge >= 0.3 is 0 Å². The largest absolute Gasteiger partial charge is 0.374 e. The topological polar surface area (TPSA) is 37.0 Å². The second-order valence-corrected chi connectivity index (χ2v) is 6.78. The van der Waals surface area contributed by atoms with Gasteiger partial charge in [-0.05, 0) is 48.5 Å². The highest BCUT2D eigenvalue weighted by molar-refractivity contribution is 7.11. The number of benzene rings is 1. The molecule has 0 saturated carbocycles. The fourth-order valence-corrected chi connectivity index (χ4v) is 3.60. The summed E-state index contributed by atoms with van der Waals surface area (Å²) in [6.45, 7) is 6.82. The lowest BCUT2D eigenvalue weighted by atomic mass is 9.77. The van der Waals surface area contributed by atoms with Crippen LogP contribution in [-0.2, 0) is 0 Å². The number of piperidine rings is 1. The van der Waals surface area contributed by atoms with E-state index in [4.69, 9.17) is 0 Å². The van der Waals surface area contributed by atoms with Crippen LogP contribution < -0.4 is 10.6 Å². The van der Waals surface area contributed by atoms with Gasteiger partial charge in [-0.15, -0.1) is 0 Å². The van der Waals surface area contributed by atoms with Crippen molar-refractivity contribution < 1.29 is 0 Å². The Hall–Kier alpha value is -1.13. The third-order valence-corrected chi connectivity index (χ3v) is 5.02. The Labute approximate surface area is 118 Å². The Balaban J connectivity index is 1.72. The average molecular weight is 275 g/mol. The van der Waals surface area contributed by atoms with E-state index in [0.717, 1.165) is 18.6 Å². The van der Waals surface area contributed by atoms with Crippen LogP contribution in [0.2, 0.25) is 0 Å². The van der Waals surface area contributed by atoms with Gasteiger partial charge in [0.2, 0.25) is 0 Å². The van der Waals surface area contributed by atoms with Gasteiger partial charge in [0.25, 0.3) is 0 Å². The van der Waals surface area contributed by atoms with Gasteiger partial charge in [-0.3, -0.25) is 0 Å². The molecule has 3 rings (SSSR count). The van der Waals surface area contributed by atoms with Crippen molar-refractivity contribution in [1.29, 1.82) is 0 Å². The smallest absolute Gasteiger partial charge is 0.117 e. The Morgan fingerprint density at radius 1 is 1.42 bits per heavy atom. The van der Waals surface area contributed by atoms with Crippen molar-refractivity contribution >= 4 is 27.4 Å². The first kappa shape index (κ1) is 12.9. The van der Waals surface area contributed by atoms with Gasteiger partial charge in [-0.25, -0.2) is 0 Å². The molecule has 1 atom stereocenters. The molecule has 2 aromatic rings. The van der Waals surface area contributed by atoms with Crippen LogP contribution in [0.3, 0.4) is 0 Å². The molecule has 2 heterocycles. The summed E-state index contributed by atoms with van der Waals surface area (Å²) in [5.74, 6) is 0. The fraction of sp³-hybridized carbons (Fsp3) is 0.533. The fourth-order valence-electron chi connectivity index (χ4n) is 2.83. The highest BCUT2D eigenvalue weighted by Crippen LogP contribution is 2.32. The minimum atomic E-state index is 0.367. The predicted octanol–water partition coefficient (Wildman–Crippen LogP) is 3.49. The van der Waals surface area contributed by atoms with Gasteiger partial charge in [0, 0.05) is 18.0 Å². The van der Waals surface area contributed by atoms with E-state index in [1.54, 1.807) is 11.5 Å². The number of hydrogen-bond acceptors (Lipinski definition) is 4. The van der Waals surface area contributed by atoms with Crippen LogP contribution in [0, 0.1) is 5.41 Å². The molecule has 1 fully saturated rings. The Kier molecular flexibility index (Phi) is 3.46. The van der Waals surface area contributed by atoms with Crippen molar-refractivity contribution in [1.82, 2.24) is 9.69 Å². The van der Waals surface area contributed by atoms with Crippen LogP contribution >= 0.6 is 11.5 Å². The molecule has 19 heavy (non-hydrogen) atoms. The number of fused-ring (bicyclic) bond motifs is 1. The molecule has 3 nitrogen and oxygen atoms in total. The molecule has 2 N–H and O–H groups in total. The summed E-state index contributed by atoms with van der Waals surface area (Å²) in [6, 6.07) is 8.85. The second kappa shape index (κ2) is 5.10. The normalized spacial score (nSPS) is 22.5. The van der Waals surface area contributed by atoms with Gasteiger partial charge in [0.1, 0.15) is 5.00 Å². The summed E-state index contributed by atoms with van der Waals surface area (Å²) >= 11 is 1.56. The maximum atomic E-state index is 4.48. The molecule has 0 bridgehead atoms. The summed E-state index contributed by atoms with van der Waals surface area (Å²) in [4.78, 5) is 0. The summed E-state index contributed by atoms with van der Waals surface area (Å²) < 4.78 is 4.48. The van der Waals surface area contributed by atoms with Crippen molar-refractivity contribution in [3.63, 3.8) is 0 Å². The van der Waals surface area contributed by atoms with E-state index in [-0.39, 0.29) is 0 Å². The first-order valence-corrected chi connectivity index (χ1v) is 7.76. The molecule has 4 heteroatoms. The third kappa shape index (κ3) is 2.60. The molecule has 1 unspecified atom stereocenters. The van der Waals surface area contributed by atoms with Crippen molar-refractivity contribution in [3.8, 4) is 0 Å². The summed E-state index contributed by atoms with van der Waals surface area (Å²) in [6.07, 6.45) is 2.59. The lowest BCUT2D eigenvalue weighted by Crippen LogP contribution is -2.50. The summed E-state index contributed by atoms with van der Waals surface area (Å²) in [5.41, 5.74) is 1.46. The molecule has 0 amide bonds. The minimum absolute atomic E-state index is 0.367. The Bertz CT molecular complexity index is 561. The molecular formula is C15H21N3S. The predicted molar refractivity (Wildman–Crippen MR) is 82.9 cm³/mol. The third-order valence-electron chi connectivity index (χ3n) is 4.18. The van der Waals surface area contributed by atoms with Gasteiger partial charge in [-0.1, -0.05) is 26.0 Å². The highest BCUT2D eigenvalue weighted by atomic mass is 32.1. The lowest BCUT2D eigenvalue weighted by molar-refractivity contribution is 0.188. The molecular weight excluding hydrogens is 254 g/mol. The maximum Gasteiger partial charge on any atom is 0.117 e. The number of rotatable bonds is 3. The molecule has 0 radical (unpaired) electrons. The number of anilines is 1. The molecule has 1 aliphatic rings. The van der Waals surface area contributed by atoms with E-state index in [1.807, 2.05) is 6.07 Å². The Morgan fingerprint density at radius 3 is 3.11 bits per heavy atom.